The van der Waals surface area contributed by atoms with E-state index in [1.165, 1.54) is 48.9 Å². The highest BCUT2D eigenvalue weighted by atomic mass is 14.9. The topological polar surface area (TPSA) is 24.9 Å². The van der Waals surface area contributed by atoms with Crippen LogP contribution in [0.15, 0.2) is 12.3 Å². The zero-order valence-electron chi connectivity index (χ0n) is 12.0. The summed E-state index contributed by atoms with van der Waals surface area (Å²) in [7, 11) is 0. The number of aromatic nitrogens is 1. The van der Waals surface area contributed by atoms with Crippen molar-refractivity contribution in [1.29, 1.82) is 0 Å². The Kier molecular flexibility index (Phi) is 4.76. The fraction of sp³-hybridized carbons (Fsp3) is 0.688. The first kappa shape index (κ1) is 13.5. The molecule has 1 atom stereocenters. The van der Waals surface area contributed by atoms with E-state index in [4.69, 9.17) is 0 Å². The summed E-state index contributed by atoms with van der Waals surface area (Å²) in [4.78, 5) is 4.67. The highest BCUT2D eigenvalue weighted by molar-refractivity contribution is 5.25. The molecule has 0 saturated heterocycles. The molecule has 0 spiro atoms. The Morgan fingerprint density at radius 1 is 1.39 bits per heavy atom. The van der Waals surface area contributed by atoms with E-state index in [-0.39, 0.29) is 0 Å². The van der Waals surface area contributed by atoms with E-state index < -0.39 is 0 Å². The molecule has 1 aromatic rings. The lowest BCUT2D eigenvalue weighted by Crippen LogP contribution is -2.24. The van der Waals surface area contributed by atoms with Crippen molar-refractivity contribution in [3.63, 3.8) is 0 Å². The molecule has 18 heavy (non-hydrogen) atoms. The van der Waals surface area contributed by atoms with Crippen LogP contribution in [0.3, 0.4) is 0 Å². The van der Waals surface area contributed by atoms with Crippen LogP contribution in [-0.4, -0.2) is 11.5 Å². The molecule has 0 bridgehead atoms. The van der Waals surface area contributed by atoms with Gasteiger partial charge in [0.05, 0.1) is 5.69 Å². The maximum atomic E-state index is 4.67. The molecular weight excluding hydrogens is 220 g/mol. The van der Waals surface area contributed by atoms with Crippen LogP contribution in [0.25, 0.3) is 0 Å². The van der Waals surface area contributed by atoms with Gasteiger partial charge in [-0.15, -0.1) is 0 Å². The summed E-state index contributed by atoms with van der Waals surface area (Å²) in [5.74, 6) is 1.00. The van der Waals surface area contributed by atoms with Gasteiger partial charge in [0.25, 0.3) is 0 Å². The van der Waals surface area contributed by atoms with E-state index in [9.17, 15) is 0 Å². The minimum atomic E-state index is 0.450. The van der Waals surface area contributed by atoms with Gasteiger partial charge in [-0.05, 0) is 56.7 Å². The Morgan fingerprint density at radius 2 is 2.17 bits per heavy atom. The van der Waals surface area contributed by atoms with E-state index >= 15 is 0 Å². The first-order valence-corrected chi connectivity index (χ1v) is 7.37. The zero-order chi connectivity index (χ0) is 13.0. The van der Waals surface area contributed by atoms with Gasteiger partial charge in [0.15, 0.2) is 0 Å². The van der Waals surface area contributed by atoms with Crippen molar-refractivity contribution in [2.75, 3.05) is 6.54 Å². The predicted octanol–water partition coefficient (Wildman–Crippen LogP) is 3.93. The van der Waals surface area contributed by atoms with Crippen molar-refractivity contribution in [3.05, 3.63) is 29.1 Å². The molecule has 1 heterocycles. The monoisotopic (exact) mass is 246 g/mol. The van der Waals surface area contributed by atoms with Crippen LogP contribution in [-0.2, 0) is 0 Å². The van der Waals surface area contributed by atoms with Crippen molar-refractivity contribution in [3.8, 4) is 0 Å². The van der Waals surface area contributed by atoms with Gasteiger partial charge in [-0.1, -0.05) is 25.8 Å². The van der Waals surface area contributed by atoms with E-state index in [2.05, 4.69) is 37.1 Å². The molecule has 1 fully saturated rings. The molecule has 100 valence electrons. The Hall–Kier alpha value is -0.890. The fourth-order valence-electron chi connectivity index (χ4n) is 2.55. The van der Waals surface area contributed by atoms with Gasteiger partial charge in [0.1, 0.15) is 0 Å². The average molecular weight is 246 g/mol. The second-order valence-corrected chi connectivity index (χ2v) is 5.74. The van der Waals surface area contributed by atoms with Gasteiger partial charge in [0.2, 0.25) is 0 Å². The quantitative estimate of drug-likeness (QED) is 0.788. The molecule has 1 N–H and O–H groups in total. The Morgan fingerprint density at radius 3 is 2.78 bits per heavy atom. The normalized spacial score (nSPS) is 16.8. The van der Waals surface area contributed by atoms with Crippen LogP contribution >= 0.6 is 0 Å². The summed E-state index contributed by atoms with van der Waals surface area (Å²) in [6.45, 7) is 7.61. The number of nitrogens with zero attached hydrogens (tertiary/aromatic N) is 1. The van der Waals surface area contributed by atoms with E-state index in [0.29, 0.717) is 6.04 Å². The summed E-state index contributed by atoms with van der Waals surface area (Å²) in [6, 6.07) is 2.70. The van der Waals surface area contributed by atoms with E-state index in [1.807, 2.05) is 6.20 Å². The minimum absolute atomic E-state index is 0.450. The van der Waals surface area contributed by atoms with Crippen LogP contribution < -0.4 is 5.32 Å². The third-order valence-electron chi connectivity index (χ3n) is 3.79. The third-order valence-corrected chi connectivity index (χ3v) is 3.79. The summed E-state index contributed by atoms with van der Waals surface area (Å²) in [6.07, 6.45) is 8.67. The lowest BCUT2D eigenvalue weighted by Gasteiger charge is -2.20. The molecule has 1 unspecified atom stereocenters. The minimum Gasteiger partial charge on any atom is -0.309 e. The number of rotatable bonds is 7. The second kappa shape index (κ2) is 6.33. The summed E-state index contributed by atoms with van der Waals surface area (Å²) >= 11 is 0. The standard InChI is InChI=1S/C16H26N2/c1-4-9-17-15(8-7-14-5-6-14)16-13(3)10-12(2)11-18-16/h10-11,14-15,17H,4-9H2,1-3H3. The number of nitrogens with one attached hydrogen (secondary N) is 1. The lowest BCUT2D eigenvalue weighted by molar-refractivity contribution is 0.459. The molecule has 2 heteroatoms. The Balaban J connectivity index is 2.04. The highest BCUT2D eigenvalue weighted by Gasteiger charge is 2.23. The zero-order valence-corrected chi connectivity index (χ0v) is 12.0. The van der Waals surface area contributed by atoms with Crippen LogP contribution in [0.5, 0.6) is 0 Å². The third kappa shape index (κ3) is 3.81. The fourth-order valence-corrected chi connectivity index (χ4v) is 2.55. The molecule has 2 rings (SSSR count). The largest absolute Gasteiger partial charge is 0.309 e. The van der Waals surface area contributed by atoms with Crippen LogP contribution in [0.2, 0.25) is 0 Å². The first-order chi connectivity index (χ1) is 8.70. The molecule has 0 aromatic carbocycles. The summed E-state index contributed by atoms with van der Waals surface area (Å²) < 4.78 is 0. The summed E-state index contributed by atoms with van der Waals surface area (Å²) in [5.41, 5.74) is 3.85. The van der Waals surface area contributed by atoms with Crippen molar-refractivity contribution >= 4 is 0 Å². The highest BCUT2D eigenvalue weighted by Crippen LogP contribution is 2.36. The van der Waals surface area contributed by atoms with Gasteiger partial charge >= 0.3 is 0 Å². The molecule has 0 radical (unpaired) electrons. The Labute approximate surface area is 111 Å². The average Bonchev–Trinajstić information content (AvgIpc) is 3.14. The lowest BCUT2D eigenvalue weighted by atomic mass is 10.0. The SMILES string of the molecule is CCCNC(CCC1CC1)c1ncc(C)cc1C. The molecule has 1 aliphatic carbocycles. The molecule has 2 nitrogen and oxygen atoms in total. The molecule has 1 saturated carbocycles. The number of pyridine rings is 1. The number of hydrogen-bond acceptors (Lipinski definition) is 2. The molecule has 1 aliphatic rings. The molecular formula is C16H26N2. The molecule has 0 amide bonds. The van der Waals surface area contributed by atoms with Gasteiger partial charge < -0.3 is 5.32 Å². The Bertz CT molecular complexity index is 383. The van der Waals surface area contributed by atoms with Crippen LogP contribution in [0.1, 0.15) is 61.9 Å². The van der Waals surface area contributed by atoms with E-state index in [1.54, 1.807) is 0 Å². The maximum Gasteiger partial charge on any atom is 0.0602 e. The first-order valence-electron chi connectivity index (χ1n) is 7.37. The van der Waals surface area contributed by atoms with E-state index in [0.717, 1.165) is 12.5 Å². The van der Waals surface area contributed by atoms with Crippen LogP contribution in [0.4, 0.5) is 0 Å². The van der Waals surface area contributed by atoms with Gasteiger partial charge in [-0.3, -0.25) is 4.98 Å². The summed E-state index contributed by atoms with van der Waals surface area (Å²) in [5, 5.41) is 3.67. The predicted molar refractivity (Wildman–Crippen MR) is 76.7 cm³/mol. The van der Waals surface area contributed by atoms with Crippen molar-refractivity contribution in [1.82, 2.24) is 10.3 Å². The number of aryl methyl sites for hydroxylation is 2. The van der Waals surface area contributed by atoms with Crippen LogP contribution in [0, 0.1) is 19.8 Å². The molecule has 1 aromatic heterocycles. The van der Waals surface area contributed by atoms with Crippen molar-refractivity contribution in [2.45, 2.75) is 58.9 Å². The van der Waals surface area contributed by atoms with Gasteiger partial charge in [-0.2, -0.15) is 0 Å². The smallest absolute Gasteiger partial charge is 0.0602 e. The van der Waals surface area contributed by atoms with Crippen molar-refractivity contribution in [2.24, 2.45) is 5.92 Å². The second-order valence-electron chi connectivity index (χ2n) is 5.74. The van der Waals surface area contributed by atoms with Gasteiger partial charge in [-0.25, -0.2) is 0 Å². The van der Waals surface area contributed by atoms with Gasteiger partial charge in [0, 0.05) is 12.2 Å². The van der Waals surface area contributed by atoms with Crippen molar-refractivity contribution < 1.29 is 0 Å². The maximum absolute atomic E-state index is 4.67. The molecule has 0 aliphatic heterocycles. The number of hydrogen-bond donors (Lipinski definition) is 1.